The number of halogens is 2. The lowest BCUT2D eigenvalue weighted by Gasteiger charge is -2.03. The minimum Gasteiger partial charge on any atom is -0.289 e. The Balaban J connectivity index is 2.25. The second-order valence-corrected chi connectivity index (χ2v) is 7.19. The van der Waals surface area contributed by atoms with Crippen molar-refractivity contribution in [3.8, 4) is 0 Å². The third-order valence-corrected chi connectivity index (χ3v) is 6.50. The van der Waals surface area contributed by atoms with Crippen LogP contribution >= 0.6 is 43.2 Å². The van der Waals surface area contributed by atoms with Gasteiger partial charge in [-0.1, -0.05) is 24.3 Å². The van der Waals surface area contributed by atoms with Crippen molar-refractivity contribution in [3.05, 3.63) is 54.1 Å². The van der Waals surface area contributed by atoms with E-state index in [1.807, 2.05) is 24.3 Å². The summed E-state index contributed by atoms with van der Waals surface area (Å²) >= 11 is 8.65. The Morgan fingerprint density at radius 2 is 1.88 bits per heavy atom. The van der Waals surface area contributed by atoms with Crippen LogP contribution in [0.4, 0.5) is 0 Å². The highest BCUT2D eigenvalue weighted by atomic mass is 79.9. The summed E-state index contributed by atoms with van der Waals surface area (Å²) in [7, 11) is 0. The minimum atomic E-state index is 0.141. The predicted molar refractivity (Wildman–Crippen MR) is 77.0 cm³/mol. The lowest BCUT2D eigenvalue weighted by atomic mass is 10.0. The molecule has 3 rings (SSSR count). The molecule has 0 saturated carbocycles. The van der Waals surface area contributed by atoms with Gasteiger partial charge in [-0.25, -0.2) is 0 Å². The summed E-state index contributed by atoms with van der Waals surface area (Å²) in [5.74, 6) is 0.141. The first-order valence-corrected chi connectivity index (χ1v) is 7.68. The summed E-state index contributed by atoms with van der Waals surface area (Å²) in [4.78, 5) is 13.7. The van der Waals surface area contributed by atoms with E-state index in [-0.39, 0.29) is 5.78 Å². The highest BCUT2D eigenvalue weighted by molar-refractivity contribution is 9.13. The maximum Gasteiger partial charge on any atom is 0.195 e. The van der Waals surface area contributed by atoms with E-state index in [2.05, 4.69) is 31.9 Å². The molecule has 0 saturated heterocycles. The normalized spacial score (nSPS) is 14.1. The lowest BCUT2D eigenvalue weighted by molar-refractivity contribution is 0.103. The van der Waals surface area contributed by atoms with E-state index in [1.165, 1.54) is 4.88 Å². The van der Waals surface area contributed by atoms with Crippen LogP contribution in [0.1, 0.15) is 26.4 Å². The molecule has 0 amide bonds. The van der Waals surface area contributed by atoms with Gasteiger partial charge < -0.3 is 0 Å². The van der Waals surface area contributed by atoms with Gasteiger partial charge in [0.25, 0.3) is 0 Å². The Labute approximate surface area is 120 Å². The zero-order valence-corrected chi connectivity index (χ0v) is 12.8. The van der Waals surface area contributed by atoms with Crippen molar-refractivity contribution in [3.63, 3.8) is 0 Å². The average Bonchev–Trinajstić information content (AvgIpc) is 2.53. The van der Waals surface area contributed by atoms with Gasteiger partial charge in [0, 0.05) is 10.4 Å². The van der Waals surface area contributed by atoms with Crippen LogP contribution in [0.15, 0.2) is 32.5 Å². The van der Waals surface area contributed by atoms with Gasteiger partial charge in [-0.3, -0.25) is 4.79 Å². The molecule has 1 heterocycles. The van der Waals surface area contributed by atoms with Crippen LogP contribution in [-0.2, 0) is 12.8 Å². The van der Waals surface area contributed by atoms with E-state index in [4.69, 9.17) is 0 Å². The first kappa shape index (κ1) is 11.6. The maximum atomic E-state index is 12.5. The third kappa shape index (κ3) is 1.83. The molecular formula is C13H8Br2OS. The van der Waals surface area contributed by atoms with Crippen LogP contribution in [0.5, 0.6) is 0 Å². The first-order chi connectivity index (χ1) is 8.18. The Kier molecular flexibility index (Phi) is 2.97. The molecule has 0 fully saturated rings. The van der Waals surface area contributed by atoms with Gasteiger partial charge in [0.1, 0.15) is 0 Å². The fourth-order valence-corrected chi connectivity index (χ4v) is 4.66. The first-order valence-electron chi connectivity index (χ1n) is 5.27. The molecule has 1 nitrogen and oxygen atoms in total. The number of carbonyl (C=O) groups excluding carboxylic acids is 1. The third-order valence-electron chi connectivity index (χ3n) is 2.99. The molecule has 0 bridgehead atoms. The van der Waals surface area contributed by atoms with Crippen molar-refractivity contribution in [2.24, 2.45) is 0 Å². The summed E-state index contributed by atoms with van der Waals surface area (Å²) < 4.78 is 1.91. The molecule has 1 aliphatic rings. The van der Waals surface area contributed by atoms with E-state index in [9.17, 15) is 4.79 Å². The van der Waals surface area contributed by atoms with E-state index in [0.29, 0.717) is 0 Å². The quantitative estimate of drug-likeness (QED) is 0.661. The van der Waals surface area contributed by atoms with Gasteiger partial charge in [-0.2, -0.15) is 0 Å². The Morgan fingerprint density at radius 3 is 2.71 bits per heavy atom. The molecule has 1 aromatic carbocycles. The van der Waals surface area contributed by atoms with E-state index < -0.39 is 0 Å². The van der Waals surface area contributed by atoms with Crippen LogP contribution in [-0.4, -0.2) is 5.78 Å². The minimum absolute atomic E-state index is 0.141. The van der Waals surface area contributed by atoms with Gasteiger partial charge in [-0.15, -0.1) is 11.3 Å². The van der Waals surface area contributed by atoms with Crippen molar-refractivity contribution in [1.29, 1.82) is 0 Å². The standard InChI is InChI=1S/C13H8Br2OS/c14-11-10-9(17-13(11)15)6-5-7-3-1-2-4-8(7)12(10)16/h1-4H,5-6H2. The summed E-state index contributed by atoms with van der Waals surface area (Å²) in [5.41, 5.74) is 2.84. The molecule has 0 atom stereocenters. The number of carbonyl (C=O) groups is 1. The number of rotatable bonds is 0. The zero-order valence-electron chi connectivity index (χ0n) is 8.80. The maximum absolute atomic E-state index is 12.5. The highest BCUT2D eigenvalue weighted by Gasteiger charge is 2.26. The molecule has 0 spiro atoms. The second kappa shape index (κ2) is 4.34. The van der Waals surface area contributed by atoms with E-state index >= 15 is 0 Å². The number of benzene rings is 1. The van der Waals surface area contributed by atoms with Crippen LogP contribution in [0.25, 0.3) is 0 Å². The number of thiophene rings is 1. The second-order valence-electron chi connectivity index (χ2n) is 3.97. The fraction of sp³-hybridized carbons (Fsp3) is 0.154. The number of fused-ring (bicyclic) bond motifs is 2. The van der Waals surface area contributed by atoms with Crippen molar-refractivity contribution in [2.45, 2.75) is 12.8 Å². The summed E-state index contributed by atoms with van der Waals surface area (Å²) in [6.45, 7) is 0. The molecule has 0 radical (unpaired) electrons. The largest absolute Gasteiger partial charge is 0.289 e. The monoisotopic (exact) mass is 370 g/mol. The molecule has 1 aromatic heterocycles. The number of aryl methyl sites for hydroxylation is 2. The van der Waals surface area contributed by atoms with Crippen LogP contribution in [0.2, 0.25) is 0 Å². The summed E-state index contributed by atoms with van der Waals surface area (Å²) in [5, 5.41) is 0. The molecule has 86 valence electrons. The molecule has 4 heteroatoms. The molecule has 1 aliphatic carbocycles. The SMILES string of the molecule is O=C1c2ccccc2CCc2sc(Br)c(Br)c21. The van der Waals surface area contributed by atoms with E-state index in [1.54, 1.807) is 11.3 Å². The molecule has 0 N–H and O–H groups in total. The zero-order chi connectivity index (χ0) is 12.0. The van der Waals surface area contributed by atoms with Crippen molar-refractivity contribution < 1.29 is 4.79 Å². The Morgan fingerprint density at radius 1 is 1.12 bits per heavy atom. The van der Waals surface area contributed by atoms with Gasteiger partial charge in [0.15, 0.2) is 5.78 Å². The van der Waals surface area contributed by atoms with Gasteiger partial charge in [-0.05, 0) is 50.3 Å². The van der Waals surface area contributed by atoms with E-state index in [0.717, 1.165) is 37.8 Å². The van der Waals surface area contributed by atoms with Crippen LogP contribution < -0.4 is 0 Å². The van der Waals surface area contributed by atoms with Crippen LogP contribution in [0, 0.1) is 0 Å². The van der Waals surface area contributed by atoms with Crippen molar-refractivity contribution >= 4 is 49.0 Å². The molecule has 0 aliphatic heterocycles. The highest BCUT2D eigenvalue weighted by Crippen LogP contribution is 2.40. The number of ketones is 1. The number of hydrogen-bond donors (Lipinski definition) is 0. The molecule has 2 aromatic rings. The lowest BCUT2D eigenvalue weighted by Crippen LogP contribution is -2.02. The summed E-state index contributed by atoms with van der Waals surface area (Å²) in [6, 6.07) is 7.89. The van der Waals surface area contributed by atoms with Gasteiger partial charge >= 0.3 is 0 Å². The topological polar surface area (TPSA) is 17.1 Å². The Hall–Kier alpha value is -0.450. The van der Waals surface area contributed by atoms with Crippen LogP contribution in [0.3, 0.4) is 0 Å². The van der Waals surface area contributed by atoms with Gasteiger partial charge in [0.2, 0.25) is 0 Å². The molecule has 17 heavy (non-hydrogen) atoms. The smallest absolute Gasteiger partial charge is 0.195 e. The number of hydrogen-bond acceptors (Lipinski definition) is 2. The molecular weight excluding hydrogens is 364 g/mol. The van der Waals surface area contributed by atoms with Gasteiger partial charge in [0.05, 0.1) is 13.8 Å². The Bertz CT molecular complexity index is 616. The fourth-order valence-electron chi connectivity index (χ4n) is 2.17. The average molecular weight is 372 g/mol. The summed E-state index contributed by atoms with van der Waals surface area (Å²) in [6.07, 6.45) is 1.88. The van der Waals surface area contributed by atoms with Crippen molar-refractivity contribution in [1.82, 2.24) is 0 Å². The predicted octanol–water partition coefficient (Wildman–Crippen LogP) is 4.60. The van der Waals surface area contributed by atoms with Crippen molar-refractivity contribution in [2.75, 3.05) is 0 Å². The molecule has 0 unspecified atom stereocenters.